The topological polar surface area (TPSA) is 50.4 Å². The van der Waals surface area contributed by atoms with E-state index in [2.05, 4.69) is 10.6 Å². The molecule has 0 aliphatic rings. The van der Waals surface area contributed by atoms with E-state index in [1.807, 2.05) is 13.8 Å². The molecule has 14 heavy (non-hydrogen) atoms. The lowest BCUT2D eigenvalue weighted by Crippen LogP contribution is -2.34. The van der Waals surface area contributed by atoms with E-state index in [9.17, 15) is 4.79 Å². The number of nitrogens with one attached hydrogen (secondary N) is 2. The van der Waals surface area contributed by atoms with Crippen molar-refractivity contribution < 1.29 is 9.53 Å². The summed E-state index contributed by atoms with van der Waals surface area (Å²) in [6.45, 7) is 7.55. The van der Waals surface area contributed by atoms with Gasteiger partial charge in [-0.2, -0.15) is 0 Å². The van der Waals surface area contributed by atoms with E-state index in [1.165, 1.54) is 0 Å². The minimum Gasteiger partial charge on any atom is -0.382 e. The minimum absolute atomic E-state index is 0.0725. The summed E-state index contributed by atoms with van der Waals surface area (Å²) in [5.41, 5.74) is 0. The summed E-state index contributed by atoms with van der Waals surface area (Å²) in [6, 6.07) is 0. The van der Waals surface area contributed by atoms with Gasteiger partial charge in [0.2, 0.25) is 5.91 Å². The van der Waals surface area contributed by atoms with Gasteiger partial charge in [0, 0.05) is 19.8 Å². The van der Waals surface area contributed by atoms with Crippen molar-refractivity contribution in [2.24, 2.45) is 0 Å². The van der Waals surface area contributed by atoms with Gasteiger partial charge in [0.05, 0.1) is 6.54 Å². The molecule has 0 atom stereocenters. The molecule has 0 radical (unpaired) electrons. The number of carbonyl (C=O) groups is 1. The van der Waals surface area contributed by atoms with Crippen LogP contribution in [0.1, 0.15) is 26.7 Å². The van der Waals surface area contributed by atoms with Crippen molar-refractivity contribution in [2.75, 3.05) is 32.8 Å². The summed E-state index contributed by atoms with van der Waals surface area (Å²) < 4.78 is 5.16. The summed E-state index contributed by atoms with van der Waals surface area (Å²) >= 11 is 0. The van der Waals surface area contributed by atoms with Crippen molar-refractivity contribution in [1.82, 2.24) is 10.6 Å². The minimum atomic E-state index is 0.0725. The Bertz CT molecular complexity index is 140. The molecule has 0 heterocycles. The second-order valence-electron chi connectivity index (χ2n) is 3.08. The summed E-state index contributed by atoms with van der Waals surface area (Å²) in [5.74, 6) is 0.0725. The zero-order chi connectivity index (χ0) is 10.6. The molecule has 0 saturated carbocycles. The quantitative estimate of drug-likeness (QED) is 0.536. The fourth-order valence-electron chi connectivity index (χ4n) is 0.972. The van der Waals surface area contributed by atoms with Gasteiger partial charge in [-0.25, -0.2) is 0 Å². The van der Waals surface area contributed by atoms with Crippen LogP contribution >= 0.6 is 0 Å². The molecule has 4 nitrogen and oxygen atoms in total. The maximum Gasteiger partial charge on any atom is 0.233 e. The molecule has 0 aliphatic carbocycles. The van der Waals surface area contributed by atoms with Gasteiger partial charge in [-0.15, -0.1) is 0 Å². The van der Waals surface area contributed by atoms with Gasteiger partial charge in [-0.05, 0) is 26.3 Å². The Kier molecular flexibility index (Phi) is 10.0. The molecule has 2 N–H and O–H groups in total. The van der Waals surface area contributed by atoms with Gasteiger partial charge in [0.15, 0.2) is 0 Å². The number of hydrogen-bond acceptors (Lipinski definition) is 3. The number of hydrogen-bond donors (Lipinski definition) is 2. The third-order valence-electron chi connectivity index (χ3n) is 1.70. The van der Waals surface area contributed by atoms with Gasteiger partial charge < -0.3 is 15.4 Å². The van der Waals surface area contributed by atoms with Gasteiger partial charge in [-0.1, -0.05) is 6.92 Å². The smallest absolute Gasteiger partial charge is 0.233 e. The first-order chi connectivity index (χ1) is 6.81. The second kappa shape index (κ2) is 10.5. The van der Waals surface area contributed by atoms with Crippen LogP contribution in [-0.2, 0) is 9.53 Å². The molecule has 0 aromatic rings. The van der Waals surface area contributed by atoms with Crippen LogP contribution in [0.15, 0.2) is 0 Å². The molecule has 0 unspecified atom stereocenters. The maximum absolute atomic E-state index is 11.1. The first kappa shape index (κ1) is 13.4. The van der Waals surface area contributed by atoms with E-state index in [4.69, 9.17) is 4.74 Å². The van der Waals surface area contributed by atoms with Crippen molar-refractivity contribution in [3.05, 3.63) is 0 Å². The first-order valence-corrected chi connectivity index (χ1v) is 5.36. The Morgan fingerprint density at radius 1 is 1.29 bits per heavy atom. The molecule has 0 saturated heterocycles. The molecule has 0 aromatic carbocycles. The molecule has 0 rings (SSSR count). The number of rotatable bonds is 9. The highest BCUT2D eigenvalue weighted by Crippen LogP contribution is 1.79. The van der Waals surface area contributed by atoms with E-state index < -0.39 is 0 Å². The highest BCUT2D eigenvalue weighted by Gasteiger charge is 1.97. The van der Waals surface area contributed by atoms with Gasteiger partial charge >= 0.3 is 0 Å². The highest BCUT2D eigenvalue weighted by molar-refractivity contribution is 5.77. The average molecular weight is 202 g/mol. The van der Waals surface area contributed by atoms with Crippen molar-refractivity contribution in [3.63, 3.8) is 0 Å². The van der Waals surface area contributed by atoms with Crippen LogP contribution in [0.25, 0.3) is 0 Å². The summed E-state index contributed by atoms with van der Waals surface area (Å²) in [4.78, 5) is 11.1. The Hall–Kier alpha value is -0.610. The van der Waals surface area contributed by atoms with Crippen LogP contribution in [0.4, 0.5) is 0 Å². The van der Waals surface area contributed by atoms with Crippen molar-refractivity contribution >= 4 is 5.91 Å². The third kappa shape index (κ3) is 9.48. The second-order valence-corrected chi connectivity index (χ2v) is 3.08. The van der Waals surface area contributed by atoms with Crippen molar-refractivity contribution in [3.8, 4) is 0 Å². The third-order valence-corrected chi connectivity index (χ3v) is 1.70. The Labute approximate surface area is 86.4 Å². The van der Waals surface area contributed by atoms with Crippen molar-refractivity contribution in [1.29, 1.82) is 0 Å². The van der Waals surface area contributed by atoms with Crippen LogP contribution in [-0.4, -0.2) is 38.8 Å². The Morgan fingerprint density at radius 3 is 2.71 bits per heavy atom. The van der Waals surface area contributed by atoms with Crippen LogP contribution in [0.3, 0.4) is 0 Å². The monoisotopic (exact) mass is 202 g/mol. The zero-order valence-electron chi connectivity index (χ0n) is 9.27. The van der Waals surface area contributed by atoms with E-state index >= 15 is 0 Å². The van der Waals surface area contributed by atoms with Crippen LogP contribution < -0.4 is 10.6 Å². The fraction of sp³-hybridized carbons (Fsp3) is 0.900. The maximum atomic E-state index is 11.1. The highest BCUT2D eigenvalue weighted by atomic mass is 16.5. The normalized spacial score (nSPS) is 10.1. The summed E-state index contributed by atoms with van der Waals surface area (Å²) in [6.07, 6.45) is 1.94. The molecule has 4 heteroatoms. The largest absolute Gasteiger partial charge is 0.382 e. The first-order valence-electron chi connectivity index (χ1n) is 5.36. The SMILES string of the molecule is CCCNC(=O)CNCCCOCC. The van der Waals surface area contributed by atoms with E-state index in [0.717, 1.165) is 39.1 Å². The van der Waals surface area contributed by atoms with E-state index in [0.29, 0.717) is 6.54 Å². The molecular weight excluding hydrogens is 180 g/mol. The lowest BCUT2D eigenvalue weighted by Gasteiger charge is -2.05. The summed E-state index contributed by atoms with van der Waals surface area (Å²) in [5, 5.41) is 5.86. The van der Waals surface area contributed by atoms with E-state index in [1.54, 1.807) is 0 Å². The van der Waals surface area contributed by atoms with Gasteiger partial charge in [0.25, 0.3) is 0 Å². The molecule has 0 fully saturated rings. The predicted molar refractivity (Wildman–Crippen MR) is 57.3 cm³/mol. The van der Waals surface area contributed by atoms with Gasteiger partial charge in [0.1, 0.15) is 0 Å². The van der Waals surface area contributed by atoms with Crippen LogP contribution in [0.2, 0.25) is 0 Å². The average Bonchev–Trinajstić information content (AvgIpc) is 2.20. The fourth-order valence-corrected chi connectivity index (χ4v) is 0.972. The van der Waals surface area contributed by atoms with E-state index in [-0.39, 0.29) is 5.91 Å². The molecule has 1 amide bonds. The lowest BCUT2D eigenvalue weighted by atomic mass is 10.4. The number of carbonyl (C=O) groups excluding carboxylic acids is 1. The molecule has 0 aromatic heterocycles. The molecule has 0 aliphatic heterocycles. The number of ether oxygens (including phenoxy) is 1. The lowest BCUT2D eigenvalue weighted by molar-refractivity contribution is -0.120. The number of amides is 1. The standard InChI is InChI=1S/C10H22N2O2/c1-3-6-12-10(13)9-11-7-5-8-14-4-2/h11H,3-9H2,1-2H3,(H,12,13). The zero-order valence-corrected chi connectivity index (χ0v) is 9.27. The molecule has 84 valence electrons. The summed E-state index contributed by atoms with van der Waals surface area (Å²) in [7, 11) is 0. The van der Waals surface area contributed by atoms with Crippen LogP contribution in [0, 0.1) is 0 Å². The molecule has 0 bridgehead atoms. The van der Waals surface area contributed by atoms with Crippen LogP contribution in [0.5, 0.6) is 0 Å². The van der Waals surface area contributed by atoms with Crippen molar-refractivity contribution in [2.45, 2.75) is 26.7 Å². The Morgan fingerprint density at radius 2 is 2.07 bits per heavy atom. The predicted octanol–water partition coefficient (Wildman–Crippen LogP) is 0.529. The molecule has 0 spiro atoms. The Balaban J connectivity index is 3.07. The van der Waals surface area contributed by atoms with Gasteiger partial charge in [-0.3, -0.25) is 4.79 Å². The molecular formula is C10H22N2O2.